The van der Waals surface area contributed by atoms with Gasteiger partial charge in [0.25, 0.3) is 23.2 Å². The van der Waals surface area contributed by atoms with Gasteiger partial charge in [-0.2, -0.15) is 0 Å². The number of hydrogen-bond donors (Lipinski definition) is 1. The topological polar surface area (TPSA) is 153 Å². The Morgan fingerprint density at radius 1 is 0.886 bits per heavy atom. The van der Waals surface area contributed by atoms with Crippen LogP contribution in [0.4, 0.5) is 17.1 Å². The van der Waals surface area contributed by atoms with Crippen molar-refractivity contribution < 1.29 is 24.2 Å². The molecular weight excluding hydrogens is 524 g/mol. The van der Waals surface area contributed by atoms with Gasteiger partial charge in [0.2, 0.25) is 5.91 Å². The Labute approximate surface area is 205 Å². The Morgan fingerprint density at radius 3 is 1.94 bits per heavy atom. The number of nitro groups is 2. The summed E-state index contributed by atoms with van der Waals surface area (Å²) in [4.78, 5) is 61.2. The van der Waals surface area contributed by atoms with E-state index in [1.807, 2.05) is 0 Å². The summed E-state index contributed by atoms with van der Waals surface area (Å²) in [5.74, 6) is -2.00. The van der Waals surface area contributed by atoms with E-state index in [-0.39, 0.29) is 39.1 Å². The van der Waals surface area contributed by atoms with E-state index in [0.717, 1.165) is 4.90 Å². The van der Waals surface area contributed by atoms with Crippen molar-refractivity contribution in [2.75, 3.05) is 5.32 Å². The normalized spacial score (nSPS) is 13.3. The number of hydrogen-bond acceptors (Lipinski definition) is 7. The Morgan fingerprint density at radius 2 is 1.43 bits per heavy atom. The van der Waals surface area contributed by atoms with Crippen molar-refractivity contribution in [2.45, 2.75) is 12.5 Å². The van der Waals surface area contributed by atoms with E-state index in [1.165, 1.54) is 54.6 Å². The smallest absolute Gasteiger partial charge is 0.270 e. The molecule has 1 aliphatic heterocycles. The van der Waals surface area contributed by atoms with E-state index in [1.54, 1.807) is 12.1 Å². The number of rotatable bonds is 7. The number of imide groups is 1. The number of carbonyl (C=O) groups is 3. The van der Waals surface area contributed by atoms with Gasteiger partial charge in [0.1, 0.15) is 6.04 Å². The predicted molar refractivity (Wildman–Crippen MR) is 127 cm³/mol. The maximum absolute atomic E-state index is 13.4. The lowest BCUT2D eigenvalue weighted by atomic mass is 10.0. The summed E-state index contributed by atoms with van der Waals surface area (Å²) in [7, 11) is 0. The maximum Gasteiger partial charge on any atom is 0.270 e. The maximum atomic E-state index is 13.4. The molecule has 3 aromatic rings. The van der Waals surface area contributed by atoms with Gasteiger partial charge >= 0.3 is 0 Å². The molecular formula is C23H15BrN4O7. The zero-order valence-electron chi connectivity index (χ0n) is 17.7. The van der Waals surface area contributed by atoms with Crippen LogP contribution in [0, 0.1) is 20.2 Å². The number of nitrogens with zero attached hydrogens (tertiary/aromatic N) is 3. The standard InChI is InChI=1S/C23H15BrN4O7/c24-18-12-15(28(34)35)9-10-19(18)25-21(29)20(11-13-5-7-14(8-6-13)27(32)33)26-22(30)16-3-1-2-4-17(16)23(26)31/h1-10,12,20H,11H2,(H,25,29)/t20-/m0/s1. The Bertz CT molecular complexity index is 1360. The van der Waals surface area contributed by atoms with Gasteiger partial charge < -0.3 is 5.32 Å². The molecule has 1 N–H and O–H groups in total. The number of anilines is 1. The van der Waals surface area contributed by atoms with Crippen molar-refractivity contribution in [1.82, 2.24) is 4.90 Å². The third kappa shape index (κ3) is 4.64. The summed E-state index contributed by atoms with van der Waals surface area (Å²) >= 11 is 3.18. The summed E-state index contributed by atoms with van der Waals surface area (Å²) in [5, 5.41) is 24.6. The van der Waals surface area contributed by atoms with Crippen LogP contribution in [0.2, 0.25) is 0 Å². The predicted octanol–water partition coefficient (Wildman–Crippen LogP) is 4.11. The number of halogens is 1. The molecule has 0 saturated heterocycles. The van der Waals surface area contributed by atoms with Crippen LogP contribution in [-0.2, 0) is 11.2 Å². The second kappa shape index (κ2) is 9.43. The highest BCUT2D eigenvalue weighted by molar-refractivity contribution is 9.10. The molecule has 3 amide bonds. The first-order chi connectivity index (χ1) is 16.7. The molecule has 0 aliphatic carbocycles. The molecule has 0 fully saturated rings. The van der Waals surface area contributed by atoms with Crippen LogP contribution in [0.25, 0.3) is 0 Å². The number of benzene rings is 3. The van der Waals surface area contributed by atoms with E-state index >= 15 is 0 Å². The van der Waals surface area contributed by atoms with Crippen LogP contribution in [0.5, 0.6) is 0 Å². The fourth-order valence-electron chi connectivity index (χ4n) is 3.70. The minimum absolute atomic E-state index is 0.111. The first-order valence-corrected chi connectivity index (χ1v) is 10.9. The first kappa shape index (κ1) is 23.7. The molecule has 35 heavy (non-hydrogen) atoms. The van der Waals surface area contributed by atoms with Gasteiger partial charge in [0.05, 0.1) is 26.7 Å². The van der Waals surface area contributed by atoms with Crippen molar-refractivity contribution in [3.8, 4) is 0 Å². The van der Waals surface area contributed by atoms with E-state index in [2.05, 4.69) is 21.2 Å². The van der Waals surface area contributed by atoms with Crippen molar-refractivity contribution in [3.05, 3.63) is 108 Å². The molecule has 0 bridgehead atoms. The molecule has 1 atom stereocenters. The zero-order valence-corrected chi connectivity index (χ0v) is 19.3. The van der Waals surface area contributed by atoms with Crippen LogP contribution < -0.4 is 5.32 Å². The summed E-state index contributed by atoms with van der Waals surface area (Å²) in [6, 6.07) is 14.0. The summed E-state index contributed by atoms with van der Waals surface area (Å²) in [5.41, 5.74) is 0.662. The lowest BCUT2D eigenvalue weighted by Crippen LogP contribution is -2.48. The van der Waals surface area contributed by atoms with Crippen LogP contribution in [0.3, 0.4) is 0 Å². The zero-order chi connectivity index (χ0) is 25.3. The van der Waals surface area contributed by atoms with Crippen LogP contribution >= 0.6 is 15.9 Å². The SMILES string of the molecule is O=C(Nc1ccc([N+](=O)[O-])cc1Br)[C@H](Cc1ccc([N+](=O)[O-])cc1)N1C(=O)c2ccccc2C1=O. The lowest BCUT2D eigenvalue weighted by molar-refractivity contribution is -0.385. The highest BCUT2D eigenvalue weighted by Gasteiger charge is 2.42. The second-order valence-electron chi connectivity index (χ2n) is 7.58. The minimum atomic E-state index is -1.30. The first-order valence-electron chi connectivity index (χ1n) is 10.1. The summed E-state index contributed by atoms with van der Waals surface area (Å²) < 4.78 is 0.233. The van der Waals surface area contributed by atoms with Crippen LogP contribution in [-0.4, -0.2) is 38.5 Å². The average Bonchev–Trinajstić information content (AvgIpc) is 3.09. The molecule has 0 saturated carbocycles. The van der Waals surface area contributed by atoms with Crippen molar-refractivity contribution in [3.63, 3.8) is 0 Å². The monoisotopic (exact) mass is 538 g/mol. The fraction of sp³-hybridized carbons (Fsp3) is 0.0870. The Hall–Kier alpha value is -4.45. The number of non-ortho nitro benzene ring substituents is 2. The molecule has 0 spiro atoms. The number of carbonyl (C=O) groups excluding carboxylic acids is 3. The van der Waals surface area contributed by atoms with Gasteiger partial charge in [-0.05, 0) is 39.7 Å². The quantitative estimate of drug-likeness (QED) is 0.269. The molecule has 176 valence electrons. The third-order valence-corrected chi connectivity index (χ3v) is 6.09. The third-order valence-electron chi connectivity index (χ3n) is 5.44. The van der Waals surface area contributed by atoms with Crippen molar-refractivity contribution >= 4 is 50.7 Å². The van der Waals surface area contributed by atoms with Gasteiger partial charge in [0.15, 0.2) is 0 Å². The second-order valence-corrected chi connectivity index (χ2v) is 8.43. The number of fused-ring (bicyclic) bond motifs is 1. The van der Waals surface area contributed by atoms with E-state index in [0.29, 0.717) is 5.56 Å². The van der Waals surface area contributed by atoms with Gasteiger partial charge in [-0.25, -0.2) is 0 Å². The van der Waals surface area contributed by atoms with E-state index < -0.39 is 33.6 Å². The van der Waals surface area contributed by atoms with Gasteiger partial charge in [-0.15, -0.1) is 0 Å². The molecule has 4 rings (SSSR count). The molecule has 0 aromatic heterocycles. The van der Waals surface area contributed by atoms with Crippen LogP contribution in [0.1, 0.15) is 26.3 Å². The minimum Gasteiger partial charge on any atom is -0.323 e. The lowest BCUT2D eigenvalue weighted by Gasteiger charge is -2.25. The highest BCUT2D eigenvalue weighted by Crippen LogP contribution is 2.30. The molecule has 1 heterocycles. The molecule has 1 aliphatic rings. The molecule has 3 aromatic carbocycles. The van der Waals surface area contributed by atoms with Gasteiger partial charge in [-0.3, -0.25) is 39.5 Å². The van der Waals surface area contributed by atoms with Gasteiger partial charge in [-0.1, -0.05) is 24.3 Å². The summed E-state index contributed by atoms with van der Waals surface area (Å²) in [6.07, 6.45) is -0.111. The molecule has 11 nitrogen and oxygen atoms in total. The van der Waals surface area contributed by atoms with Gasteiger partial charge in [0, 0.05) is 35.2 Å². The average molecular weight is 539 g/mol. The van der Waals surface area contributed by atoms with Crippen molar-refractivity contribution in [2.24, 2.45) is 0 Å². The molecule has 12 heteroatoms. The van der Waals surface area contributed by atoms with Crippen LogP contribution in [0.15, 0.2) is 71.2 Å². The summed E-state index contributed by atoms with van der Waals surface area (Å²) in [6.45, 7) is 0. The Balaban J connectivity index is 1.68. The van der Waals surface area contributed by atoms with E-state index in [4.69, 9.17) is 0 Å². The number of amides is 3. The fourth-order valence-corrected chi connectivity index (χ4v) is 4.17. The Kier molecular flexibility index (Phi) is 6.38. The molecule has 0 unspecified atom stereocenters. The van der Waals surface area contributed by atoms with E-state index in [9.17, 15) is 34.6 Å². The largest absolute Gasteiger partial charge is 0.323 e. The highest BCUT2D eigenvalue weighted by atomic mass is 79.9. The van der Waals surface area contributed by atoms with Crippen molar-refractivity contribution in [1.29, 1.82) is 0 Å². The number of nitrogens with one attached hydrogen (secondary N) is 1. The molecule has 0 radical (unpaired) electrons. The number of nitro benzene ring substituents is 2.